The van der Waals surface area contributed by atoms with Crippen LogP contribution < -0.4 is 4.74 Å². The Balaban J connectivity index is 2.17. The summed E-state index contributed by atoms with van der Waals surface area (Å²) in [4.78, 5) is 0. The Bertz CT molecular complexity index is 329. The standard InChI is InChI=1S/C11H12O3/c1-13-9-4-2-8(3-5-9)11-10(12)6-7-14-11/h2-7,10-12H,1H3/t10-,11-/m1/s1. The lowest BCUT2D eigenvalue weighted by atomic mass is 10.1. The molecule has 14 heavy (non-hydrogen) atoms. The SMILES string of the molecule is COc1ccc([C@H]2OC=C[C@H]2O)cc1. The largest absolute Gasteiger partial charge is 0.497 e. The van der Waals surface area contributed by atoms with E-state index in [1.54, 1.807) is 13.2 Å². The van der Waals surface area contributed by atoms with Crippen molar-refractivity contribution in [2.75, 3.05) is 7.11 Å². The molecule has 2 atom stereocenters. The van der Waals surface area contributed by atoms with Gasteiger partial charge in [-0.15, -0.1) is 0 Å². The van der Waals surface area contributed by atoms with E-state index in [1.807, 2.05) is 24.3 Å². The Kier molecular flexibility index (Phi) is 2.41. The zero-order valence-corrected chi connectivity index (χ0v) is 7.88. The van der Waals surface area contributed by atoms with Gasteiger partial charge < -0.3 is 14.6 Å². The topological polar surface area (TPSA) is 38.7 Å². The first-order valence-electron chi connectivity index (χ1n) is 4.45. The molecule has 0 amide bonds. The number of benzene rings is 1. The van der Waals surface area contributed by atoms with E-state index in [1.165, 1.54) is 6.26 Å². The van der Waals surface area contributed by atoms with Crippen LogP contribution in [-0.4, -0.2) is 18.3 Å². The first-order chi connectivity index (χ1) is 6.81. The average Bonchev–Trinajstić information content (AvgIpc) is 2.65. The third-order valence-corrected chi connectivity index (χ3v) is 2.26. The maximum absolute atomic E-state index is 9.53. The van der Waals surface area contributed by atoms with Crippen LogP contribution in [0.3, 0.4) is 0 Å². The summed E-state index contributed by atoms with van der Waals surface area (Å²) in [5, 5.41) is 9.53. The minimum absolute atomic E-state index is 0.277. The maximum Gasteiger partial charge on any atom is 0.152 e. The molecular weight excluding hydrogens is 180 g/mol. The second kappa shape index (κ2) is 3.72. The molecule has 0 unspecified atom stereocenters. The molecule has 0 radical (unpaired) electrons. The smallest absolute Gasteiger partial charge is 0.152 e. The van der Waals surface area contributed by atoms with Crippen molar-refractivity contribution in [2.45, 2.75) is 12.2 Å². The van der Waals surface area contributed by atoms with Gasteiger partial charge in [-0.2, -0.15) is 0 Å². The van der Waals surface area contributed by atoms with Crippen LogP contribution >= 0.6 is 0 Å². The Morgan fingerprint density at radius 1 is 1.29 bits per heavy atom. The summed E-state index contributed by atoms with van der Waals surface area (Å²) in [5.74, 6) is 0.800. The molecule has 1 aromatic rings. The zero-order valence-electron chi connectivity index (χ0n) is 7.88. The van der Waals surface area contributed by atoms with Gasteiger partial charge in [0.25, 0.3) is 0 Å². The monoisotopic (exact) mass is 192 g/mol. The molecule has 1 aliphatic heterocycles. The van der Waals surface area contributed by atoms with E-state index in [9.17, 15) is 5.11 Å². The Morgan fingerprint density at radius 3 is 2.50 bits per heavy atom. The van der Waals surface area contributed by atoms with Crippen LogP contribution in [0.1, 0.15) is 11.7 Å². The number of methoxy groups -OCH3 is 1. The van der Waals surface area contributed by atoms with Crippen molar-refractivity contribution in [1.82, 2.24) is 0 Å². The number of rotatable bonds is 2. The number of ether oxygens (including phenoxy) is 2. The lowest BCUT2D eigenvalue weighted by Gasteiger charge is -2.14. The summed E-state index contributed by atoms with van der Waals surface area (Å²) >= 11 is 0. The van der Waals surface area contributed by atoms with Crippen molar-refractivity contribution in [3.8, 4) is 5.75 Å². The predicted molar refractivity (Wildman–Crippen MR) is 52.0 cm³/mol. The number of hydrogen-bond donors (Lipinski definition) is 1. The average molecular weight is 192 g/mol. The van der Waals surface area contributed by atoms with E-state index < -0.39 is 6.10 Å². The van der Waals surface area contributed by atoms with E-state index in [-0.39, 0.29) is 6.10 Å². The molecule has 0 saturated carbocycles. The molecule has 0 aliphatic carbocycles. The van der Waals surface area contributed by atoms with Gasteiger partial charge in [-0.3, -0.25) is 0 Å². The summed E-state index contributed by atoms with van der Waals surface area (Å²) in [5.41, 5.74) is 0.948. The van der Waals surface area contributed by atoms with E-state index in [2.05, 4.69) is 0 Å². The van der Waals surface area contributed by atoms with Gasteiger partial charge in [0.1, 0.15) is 11.9 Å². The molecule has 3 nitrogen and oxygen atoms in total. The van der Waals surface area contributed by atoms with Crippen LogP contribution in [0.4, 0.5) is 0 Å². The number of aliphatic hydroxyl groups is 1. The number of hydrogen-bond acceptors (Lipinski definition) is 3. The van der Waals surface area contributed by atoms with E-state index in [4.69, 9.17) is 9.47 Å². The molecule has 74 valence electrons. The highest BCUT2D eigenvalue weighted by Gasteiger charge is 2.23. The first kappa shape index (κ1) is 9.09. The van der Waals surface area contributed by atoms with E-state index >= 15 is 0 Å². The van der Waals surface area contributed by atoms with Crippen LogP contribution in [0, 0.1) is 0 Å². The van der Waals surface area contributed by atoms with Crippen molar-refractivity contribution in [2.24, 2.45) is 0 Å². The lowest BCUT2D eigenvalue weighted by Crippen LogP contribution is -2.12. The summed E-state index contributed by atoms with van der Waals surface area (Å²) in [6, 6.07) is 7.48. The quantitative estimate of drug-likeness (QED) is 0.774. The molecule has 1 heterocycles. The third-order valence-electron chi connectivity index (χ3n) is 2.26. The lowest BCUT2D eigenvalue weighted by molar-refractivity contribution is 0.0633. The zero-order chi connectivity index (χ0) is 9.97. The van der Waals surface area contributed by atoms with Gasteiger partial charge in [0.05, 0.1) is 13.4 Å². The molecule has 0 aromatic heterocycles. The fourth-order valence-corrected chi connectivity index (χ4v) is 1.46. The Hall–Kier alpha value is -1.48. The molecule has 1 aliphatic rings. The highest BCUT2D eigenvalue weighted by atomic mass is 16.5. The normalized spacial score (nSPS) is 24.7. The van der Waals surface area contributed by atoms with Crippen LogP contribution in [0.15, 0.2) is 36.6 Å². The van der Waals surface area contributed by atoms with Gasteiger partial charge in [0, 0.05) is 0 Å². The van der Waals surface area contributed by atoms with Gasteiger partial charge in [-0.25, -0.2) is 0 Å². The molecule has 1 aromatic carbocycles. The van der Waals surface area contributed by atoms with Gasteiger partial charge in [-0.05, 0) is 23.8 Å². The Labute approximate surface area is 82.6 Å². The highest BCUT2D eigenvalue weighted by Crippen LogP contribution is 2.28. The molecule has 2 rings (SSSR count). The summed E-state index contributed by atoms with van der Waals surface area (Å²) in [6.07, 6.45) is 2.33. The van der Waals surface area contributed by atoms with Crippen LogP contribution in [0.5, 0.6) is 5.75 Å². The van der Waals surface area contributed by atoms with E-state index in [0.29, 0.717) is 0 Å². The summed E-state index contributed by atoms with van der Waals surface area (Å²) < 4.78 is 10.3. The van der Waals surface area contributed by atoms with Crippen molar-refractivity contribution in [3.63, 3.8) is 0 Å². The van der Waals surface area contributed by atoms with Gasteiger partial charge >= 0.3 is 0 Å². The summed E-state index contributed by atoms with van der Waals surface area (Å²) in [7, 11) is 1.62. The Morgan fingerprint density at radius 2 is 2.00 bits per heavy atom. The van der Waals surface area contributed by atoms with Crippen molar-refractivity contribution in [1.29, 1.82) is 0 Å². The minimum atomic E-state index is -0.552. The summed E-state index contributed by atoms with van der Waals surface area (Å²) in [6.45, 7) is 0. The van der Waals surface area contributed by atoms with Gasteiger partial charge in [0.15, 0.2) is 6.10 Å². The molecule has 1 N–H and O–H groups in total. The van der Waals surface area contributed by atoms with Gasteiger partial charge in [-0.1, -0.05) is 12.1 Å². The predicted octanol–water partition coefficient (Wildman–Crippen LogP) is 1.64. The molecular formula is C11H12O3. The minimum Gasteiger partial charge on any atom is -0.497 e. The molecule has 0 fully saturated rings. The van der Waals surface area contributed by atoms with Crippen molar-refractivity contribution in [3.05, 3.63) is 42.2 Å². The van der Waals surface area contributed by atoms with Crippen LogP contribution in [0.25, 0.3) is 0 Å². The molecule has 0 spiro atoms. The van der Waals surface area contributed by atoms with Gasteiger partial charge in [0.2, 0.25) is 0 Å². The van der Waals surface area contributed by atoms with Crippen LogP contribution in [0.2, 0.25) is 0 Å². The molecule has 0 saturated heterocycles. The van der Waals surface area contributed by atoms with E-state index in [0.717, 1.165) is 11.3 Å². The second-order valence-corrected chi connectivity index (χ2v) is 3.15. The fraction of sp³-hybridized carbons (Fsp3) is 0.273. The first-order valence-corrected chi connectivity index (χ1v) is 4.45. The van der Waals surface area contributed by atoms with Crippen molar-refractivity contribution < 1.29 is 14.6 Å². The van der Waals surface area contributed by atoms with Crippen molar-refractivity contribution >= 4 is 0 Å². The maximum atomic E-state index is 9.53. The fourth-order valence-electron chi connectivity index (χ4n) is 1.46. The molecule has 0 bridgehead atoms. The third kappa shape index (κ3) is 1.59. The molecule has 3 heteroatoms. The number of aliphatic hydroxyl groups excluding tert-OH is 1. The highest BCUT2D eigenvalue weighted by molar-refractivity contribution is 5.30. The van der Waals surface area contributed by atoms with Crippen LogP contribution in [-0.2, 0) is 4.74 Å². The second-order valence-electron chi connectivity index (χ2n) is 3.15.